The number of hydrogen-bond donors (Lipinski definition) is 1. The molecule has 1 aromatic rings. The largest absolute Gasteiger partial charge is 0.449 e. The Kier molecular flexibility index (Phi) is 6.21. The molecule has 1 amide bonds. The third-order valence-corrected chi connectivity index (χ3v) is 5.07. The summed E-state index contributed by atoms with van der Waals surface area (Å²) in [6, 6.07) is 3.70. The van der Waals surface area contributed by atoms with Gasteiger partial charge in [0.2, 0.25) is 0 Å². The Bertz CT molecular complexity index is 622. The summed E-state index contributed by atoms with van der Waals surface area (Å²) < 4.78 is 18.8. The average molecular weight is 356 g/mol. The molecule has 1 fully saturated rings. The number of halogens is 2. The van der Waals surface area contributed by atoms with Crippen molar-refractivity contribution in [2.45, 2.75) is 52.2 Å². The Labute approximate surface area is 146 Å². The van der Waals surface area contributed by atoms with Crippen LogP contribution in [0.15, 0.2) is 18.2 Å². The number of rotatable bonds is 4. The van der Waals surface area contributed by atoms with Gasteiger partial charge in [-0.25, -0.2) is 9.18 Å². The molecule has 4 atom stereocenters. The molecule has 24 heavy (non-hydrogen) atoms. The van der Waals surface area contributed by atoms with Gasteiger partial charge in [-0.3, -0.25) is 4.79 Å². The predicted octanol–water partition coefficient (Wildman–Crippen LogP) is 3.97. The number of benzene rings is 1. The molecular weight excluding hydrogens is 333 g/mol. The third-order valence-electron chi connectivity index (χ3n) is 4.84. The van der Waals surface area contributed by atoms with Crippen LogP contribution in [0.3, 0.4) is 0 Å². The lowest BCUT2D eigenvalue weighted by atomic mass is 9.78. The summed E-state index contributed by atoms with van der Waals surface area (Å²) in [6.45, 7) is 5.77. The quantitative estimate of drug-likeness (QED) is 0.831. The van der Waals surface area contributed by atoms with Gasteiger partial charge in [-0.2, -0.15) is 0 Å². The summed E-state index contributed by atoms with van der Waals surface area (Å²) in [6.07, 6.45) is 2.14. The first-order valence-corrected chi connectivity index (χ1v) is 8.63. The first kappa shape index (κ1) is 18.7. The Morgan fingerprint density at radius 3 is 2.75 bits per heavy atom. The van der Waals surface area contributed by atoms with E-state index in [-0.39, 0.29) is 22.5 Å². The number of carbonyl (C=O) groups is 2. The van der Waals surface area contributed by atoms with Gasteiger partial charge in [-0.15, -0.1) is 0 Å². The van der Waals surface area contributed by atoms with Crippen LogP contribution in [0.1, 0.15) is 50.4 Å². The van der Waals surface area contributed by atoms with E-state index in [0.717, 1.165) is 25.3 Å². The van der Waals surface area contributed by atoms with Crippen molar-refractivity contribution in [2.24, 2.45) is 11.8 Å². The molecule has 0 bridgehead atoms. The lowest BCUT2D eigenvalue weighted by Crippen LogP contribution is -2.47. The van der Waals surface area contributed by atoms with Crippen LogP contribution in [0.5, 0.6) is 0 Å². The highest BCUT2D eigenvalue weighted by Gasteiger charge is 2.30. The summed E-state index contributed by atoms with van der Waals surface area (Å²) in [5.41, 5.74) is -0.276. The Morgan fingerprint density at radius 2 is 2.04 bits per heavy atom. The van der Waals surface area contributed by atoms with Crippen LogP contribution in [0, 0.1) is 17.7 Å². The fourth-order valence-electron chi connectivity index (χ4n) is 3.02. The molecule has 1 aromatic carbocycles. The van der Waals surface area contributed by atoms with Crippen LogP contribution in [0.2, 0.25) is 5.02 Å². The second-order valence-electron chi connectivity index (χ2n) is 6.55. The molecule has 4 nitrogen and oxygen atoms in total. The van der Waals surface area contributed by atoms with Gasteiger partial charge in [0.15, 0.2) is 6.10 Å². The number of hydrogen-bond acceptors (Lipinski definition) is 3. The highest BCUT2D eigenvalue weighted by atomic mass is 35.5. The van der Waals surface area contributed by atoms with Crippen LogP contribution in [0.4, 0.5) is 4.39 Å². The monoisotopic (exact) mass is 355 g/mol. The molecule has 2 rings (SSSR count). The summed E-state index contributed by atoms with van der Waals surface area (Å²) in [5.74, 6) is -1.08. The van der Waals surface area contributed by atoms with Crippen molar-refractivity contribution in [3.05, 3.63) is 34.6 Å². The Hall–Kier alpha value is -1.62. The highest BCUT2D eigenvalue weighted by Crippen LogP contribution is 2.29. The number of ether oxygens (including phenoxy) is 1. The maximum atomic E-state index is 13.7. The maximum absolute atomic E-state index is 13.7. The predicted molar refractivity (Wildman–Crippen MR) is 90.4 cm³/mol. The van der Waals surface area contributed by atoms with Crippen molar-refractivity contribution in [1.29, 1.82) is 0 Å². The molecule has 0 aromatic heterocycles. The van der Waals surface area contributed by atoms with Gasteiger partial charge in [0.05, 0.1) is 5.56 Å². The van der Waals surface area contributed by atoms with Crippen molar-refractivity contribution >= 4 is 23.5 Å². The smallest absolute Gasteiger partial charge is 0.341 e. The zero-order valence-electron chi connectivity index (χ0n) is 14.1. The molecule has 6 heteroatoms. The fourth-order valence-corrected chi connectivity index (χ4v) is 3.19. The number of carbonyl (C=O) groups excluding carboxylic acids is 2. The molecule has 0 spiro atoms. The first-order valence-electron chi connectivity index (χ1n) is 8.26. The van der Waals surface area contributed by atoms with E-state index in [4.69, 9.17) is 16.3 Å². The molecule has 0 radical (unpaired) electrons. The van der Waals surface area contributed by atoms with E-state index in [1.54, 1.807) is 0 Å². The second-order valence-corrected chi connectivity index (χ2v) is 6.99. The lowest BCUT2D eigenvalue weighted by Gasteiger charge is -2.35. The van der Waals surface area contributed by atoms with E-state index in [2.05, 4.69) is 19.2 Å². The van der Waals surface area contributed by atoms with Gasteiger partial charge >= 0.3 is 5.97 Å². The van der Waals surface area contributed by atoms with E-state index in [1.807, 2.05) is 0 Å². The van der Waals surface area contributed by atoms with E-state index >= 15 is 0 Å². The summed E-state index contributed by atoms with van der Waals surface area (Å²) in [4.78, 5) is 24.3. The van der Waals surface area contributed by atoms with E-state index in [1.165, 1.54) is 19.1 Å². The number of amides is 1. The summed E-state index contributed by atoms with van der Waals surface area (Å²) >= 11 is 5.76. The molecule has 0 aliphatic heterocycles. The molecule has 1 N–H and O–H groups in total. The van der Waals surface area contributed by atoms with Crippen LogP contribution in [-0.4, -0.2) is 24.0 Å². The van der Waals surface area contributed by atoms with Crippen molar-refractivity contribution in [3.63, 3.8) is 0 Å². The minimum absolute atomic E-state index is 0.0744. The van der Waals surface area contributed by atoms with Gasteiger partial charge in [-0.1, -0.05) is 38.3 Å². The normalized spacial score (nSPS) is 25.0. The zero-order chi connectivity index (χ0) is 17.9. The average Bonchev–Trinajstić information content (AvgIpc) is 2.53. The molecule has 0 heterocycles. The van der Waals surface area contributed by atoms with Crippen LogP contribution >= 0.6 is 11.6 Å². The van der Waals surface area contributed by atoms with Crippen molar-refractivity contribution in [2.75, 3.05) is 0 Å². The lowest BCUT2D eigenvalue weighted by molar-refractivity contribution is -0.130. The van der Waals surface area contributed by atoms with Crippen molar-refractivity contribution < 1.29 is 18.7 Å². The van der Waals surface area contributed by atoms with E-state index in [0.29, 0.717) is 11.8 Å². The number of nitrogens with one attached hydrogen (secondary N) is 1. The number of esters is 1. The standard InChI is InChI=1S/C18H23ClFNO3/c1-10-5-4-6-16(11(10)2)21-17(22)12(3)24-18(23)14-9-13(19)7-8-15(14)20/h7-12,16H,4-6H2,1-3H3,(H,21,22)/t10-,11+,12-,16+/m0/s1. The topological polar surface area (TPSA) is 55.4 Å². The highest BCUT2D eigenvalue weighted by molar-refractivity contribution is 6.30. The van der Waals surface area contributed by atoms with E-state index < -0.39 is 17.9 Å². The minimum Gasteiger partial charge on any atom is -0.449 e. The molecule has 1 aliphatic rings. The second kappa shape index (κ2) is 7.97. The molecule has 1 saturated carbocycles. The minimum atomic E-state index is -1.000. The summed E-state index contributed by atoms with van der Waals surface area (Å²) in [7, 11) is 0. The maximum Gasteiger partial charge on any atom is 0.341 e. The molecule has 1 aliphatic carbocycles. The molecule has 0 saturated heterocycles. The molecule has 132 valence electrons. The van der Waals surface area contributed by atoms with Crippen molar-refractivity contribution in [1.82, 2.24) is 5.32 Å². The Balaban J connectivity index is 1.96. The van der Waals surface area contributed by atoms with Gasteiger partial charge in [0.1, 0.15) is 5.82 Å². The SMILES string of the molecule is C[C@@H]1[C@@H](C)CCC[C@H]1NC(=O)[C@H](C)OC(=O)c1cc(Cl)ccc1F. The molecular formula is C18H23ClFNO3. The Morgan fingerprint density at radius 1 is 1.33 bits per heavy atom. The van der Waals surface area contributed by atoms with Gasteiger partial charge < -0.3 is 10.1 Å². The van der Waals surface area contributed by atoms with Crippen LogP contribution in [0.25, 0.3) is 0 Å². The van der Waals surface area contributed by atoms with Gasteiger partial charge in [-0.05, 0) is 43.4 Å². The van der Waals surface area contributed by atoms with Crippen LogP contribution in [-0.2, 0) is 9.53 Å². The van der Waals surface area contributed by atoms with Gasteiger partial charge in [0.25, 0.3) is 5.91 Å². The van der Waals surface area contributed by atoms with Crippen molar-refractivity contribution in [3.8, 4) is 0 Å². The zero-order valence-corrected chi connectivity index (χ0v) is 14.9. The third kappa shape index (κ3) is 4.47. The molecule has 0 unspecified atom stereocenters. The summed E-state index contributed by atoms with van der Waals surface area (Å²) in [5, 5.41) is 3.17. The van der Waals surface area contributed by atoms with Gasteiger partial charge in [0, 0.05) is 11.1 Å². The first-order chi connectivity index (χ1) is 11.3. The van der Waals surface area contributed by atoms with E-state index in [9.17, 15) is 14.0 Å². The fraction of sp³-hybridized carbons (Fsp3) is 0.556. The van der Waals surface area contributed by atoms with Crippen LogP contribution < -0.4 is 5.32 Å².